The predicted molar refractivity (Wildman–Crippen MR) is 64.5 cm³/mol. The number of phenolic OH excluding ortho intramolecular Hbond substituents is 1. The molecular formula is C13H12FNO2. The number of nitrogens with two attached hydrogens (primary N) is 1. The molecule has 0 heterocycles. The maximum absolute atomic E-state index is 14.0. The third kappa shape index (κ3) is 2.01. The molecule has 0 aliphatic carbocycles. The summed E-state index contributed by atoms with van der Waals surface area (Å²) in [5.74, 6) is -0.359. The number of hydrogen-bond acceptors (Lipinski definition) is 3. The normalized spacial score (nSPS) is 10.2. The minimum absolute atomic E-state index is 0.0651. The van der Waals surface area contributed by atoms with Gasteiger partial charge in [0.05, 0.1) is 12.8 Å². The quantitative estimate of drug-likeness (QED) is 0.619. The number of ether oxygens (including phenoxy) is 1. The number of halogens is 1. The van der Waals surface area contributed by atoms with Crippen LogP contribution in [0.4, 0.5) is 10.1 Å². The third-order valence-corrected chi connectivity index (χ3v) is 2.52. The number of rotatable bonds is 2. The monoisotopic (exact) mass is 233 g/mol. The van der Waals surface area contributed by atoms with E-state index >= 15 is 0 Å². The van der Waals surface area contributed by atoms with Crippen LogP contribution >= 0.6 is 0 Å². The van der Waals surface area contributed by atoms with E-state index in [0.717, 1.165) is 0 Å². The molecule has 0 aliphatic heterocycles. The molecule has 0 saturated carbocycles. The maximum atomic E-state index is 14.0. The van der Waals surface area contributed by atoms with Gasteiger partial charge in [0.2, 0.25) is 0 Å². The number of phenols is 1. The molecule has 0 atom stereocenters. The van der Waals surface area contributed by atoms with Crippen molar-refractivity contribution in [2.24, 2.45) is 0 Å². The average Bonchev–Trinajstić information content (AvgIpc) is 2.33. The predicted octanol–water partition coefficient (Wildman–Crippen LogP) is 2.79. The van der Waals surface area contributed by atoms with Crippen LogP contribution in [0.5, 0.6) is 11.5 Å². The summed E-state index contributed by atoms with van der Waals surface area (Å²) < 4.78 is 18.9. The molecule has 0 unspecified atom stereocenters. The molecule has 3 N–H and O–H groups in total. The van der Waals surface area contributed by atoms with E-state index in [1.165, 1.54) is 25.3 Å². The minimum atomic E-state index is -0.459. The fourth-order valence-electron chi connectivity index (χ4n) is 1.60. The number of nitrogen functional groups attached to an aromatic ring is 1. The molecule has 0 aromatic heterocycles. The summed E-state index contributed by atoms with van der Waals surface area (Å²) in [4.78, 5) is 0. The van der Waals surface area contributed by atoms with Crippen molar-refractivity contribution in [2.45, 2.75) is 0 Å². The van der Waals surface area contributed by atoms with E-state index in [4.69, 9.17) is 10.5 Å². The van der Waals surface area contributed by atoms with Gasteiger partial charge in [-0.3, -0.25) is 0 Å². The van der Waals surface area contributed by atoms with Crippen molar-refractivity contribution in [3.63, 3.8) is 0 Å². The highest BCUT2D eigenvalue weighted by molar-refractivity contribution is 5.71. The molecule has 0 radical (unpaired) electrons. The van der Waals surface area contributed by atoms with Crippen molar-refractivity contribution >= 4 is 5.69 Å². The lowest BCUT2D eigenvalue weighted by molar-refractivity contribution is 0.387. The fraction of sp³-hybridized carbons (Fsp3) is 0.0769. The highest BCUT2D eigenvalue weighted by atomic mass is 19.1. The Morgan fingerprint density at radius 3 is 2.65 bits per heavy atom. The molecule has 0 saturated heterocycles. The lowest BCUT2D eigenvalue weighted by Gasteiger charge is -2.08. The summed E-state index contributed by atoms with van der Waals surface area (Å²) in [6.45, 7) is 0. The van der Waals surface area contributed by atoms with Gasteiger partial charge < -0.3 is 15.6 Å². The zero-order valence-corrected chi connectivity index (χ0v) is 9.27. The first-order chi connectivity index (χ1) is 8.13. The van der Waals surface area contributed by atoms with E-state index in [9.17, 15) is 9.50 Å². The van der Waals surface area contributed by atoms with Crippen LogP contribution in [0.1, 0.15) is 0 Å². The van der Waals surface area contributed by atoms with Crippen LogP contribution in [-0.4, -0.2) is 12.2 Å². The van der Waals surface area contributed by atoms with Gasteiger partial charge in [-0.05, 0) is 23.8 Å². The smallest absolute Gasteiger partial charge is 0.172 e. The van der Waals surface area contributed by atoms with Crippen molar-refractivity contribution in [1.82, 2.24) is 0 Å². The second-order valence-electron chi connectivity index (χ2n) is 3.60. The summed E-state index contributed by atoms with van der Waals surface area (Å²) in [5, 5.41) is 9.50. The molecule has 0 spiro atoms. The lowest BCUT2D eigenvalue weighted by atomic mass is 10.0. The first kappa shape index (κ1) is 11.3. The highest BCUT2D eigenvalue weighted by Gasteiger charge is 2.11. The number of hydrogen-bond donors (Lipinski definition) is 2. The summed E-state index contributed by atoms with van der Waals surface area (Å²) in [7, 11) is 1.41. The Kier molecular flexibility index (Phi) is 2.87. The molecule has 2 rings (SSSR count). The van der Waals surface area contributed by atoms with Crippen molar-refractivity contribution in [1.29, 1.82) is 0 Å². The Labute approximate surface area is 98.3 Å². The first-order valence-corrected chi connectivity index (χ1v) is 5.05. The van der Waals surface area contributed by atoms with Crippen LogP contribution in [0.15, 0.2) is 36.4 Å². The largest absolute Gasteiger partial charge is 0.506 e. The molecule has 0 aliphatic rings. The highest BCUT2D eigenvalue weighted by Crippen LogP contribution is 2.32. The summed E-state index contributed by atoms with van der Waals surface area (Å²) in [6, 6.07) is 9.44. The Balaban J connectivity index is 2.56. The van der Waals surface area contributed by atoms with Crippen molar-refractivity contribution in [2.75, 3.05) is 12.8 Å². The molecule has 2 aromatic carbocycles. The molecular weight excluding hydrogens is 221 g/mol. The van der Waals surface area contributed by atoms with E-state index in [2.05, 4.69) is 0 Å². The second-order valence-corrected chi connectivity index (χ2v) is 3.60. The lowest BCUT2D eigenvalue weighted by Crippen LogP contribution is -1.92. The minimum Gasteiger partial charge on any atom is -0.506 e. The summed E-state index contributed by atoms with van der Waals surface area (Å²) >= 11 is 0. The van der Waals surface area contributed by atoms with Crippen LogP contribution in [0.25, 0.3) is 11.1 Å². The summed E-state index contributed by atoms with van der Waals surface area (Å²) in [5.41, 5.74) is 6.66. The SMILES string of the molecule is COc1cccc(-c2ccc(N)c(O)c2)c1F. The Morgan fingerprint density at radius 2 is 2.00 bits per heavy atom. The topological polar surface area (TPSA) is 55.5 Å². The standard InChI is InChI=1S/C13H12FNO2/c1-17-12-4-2-3-9(13(12)14)8-5-6-10(15)11(16)7-8/h2-7,16H,15H2,1H3. The van der Waals surface area contributed by atoms with E-state index in [-0.39, 0.29) is 17.2 Å². The van der Waals surface area contributed by atoms with E-state index in [0.29, 0.717) is 11.1 Å². The molecule has 0 amide bonds. The van der Waals surface area contributed by atoms with Crippen molar-refractivity contribution < 1.29 is 14.2 Å². The summed E-state index contributed by atoms with van der Waals surface area (Å²) in [6.07, 6.45) is 0. The number of anilines is 1. The zero-order valence-electron chi connectivity index (χ0n) is 9.27. The molecule has 4 heteroatoms. The van der Waals surface area contributed by atoms with Gasteiger partial charge in [0.1, 0.15) is 5.75 Å². The van der Waals surface area contributed by atoms with E-state index in [1.807, 2.05) is 0 Å². The van der Waals surface area contributed by atoms with Crippen LogP contribution in [0, 0.1) is 5.82 Å². The van der Waals surface area contributed by atoms with Gasteiger partial charge in [0.15, 0.2) is 11.6 Å². The van der Waals surface area contributed by atoms with Crippen LogP contribution in [0.3, 0.4) is 0 Å². The van der Waals surface area contributed by atoms with Gasteiger partial charge in [-0.2, -0.15) is 0 Å². The van der Waals surface area contributed by atoms with Gasteiger partial charge in [-0.15, -0.1) is 0 Å². The van der Waals surface area contributed by atoms with Crippen LogP contribution < -0.4 is 10.5 Å². The third-order valence-electron chi connectivity index (χ3n) is 2.52. The van der Waals surface area contributed by atoms with Crippen molar-refractivity contribution in [3.8, 4) is 22.6 Å². The van der Waals surface area contributed by atoms with Gasteiger partial charge in [0.25, 0.3) is 0 Å². The van der Waals surface area contributed by atoms with Crippen LogP contribution in [-0.2, 0) is 0 Å². The zero-order chi connectivity index (χ0) is 12.4. The molecule has 88 valence electrons. The first-order valence-electron chi connectivity index (χ1n) is 5.05. The van der Waals surface area contributed by atoms with Gasteiger partial charge in [-0.25, -0.2) is 4.39 Å². The van der Waals surface area contributed by atoms with Crippen LogP contribution in [0.2, 0.25) is 0 Å². The van der Waals surface area contributed by atoms with E-state index < -0.39 is 5.82 Å². The second kappa shape index (κ2) is 4.33. The van der Waals surface area contributed by atoms with Gasteiger partial charge in [-0.1, -0.05) is 18.2 Å². The molecule has 2 aromatic rings. The molecule has 0 fully saturated rings. The number of aromatic hydroxyl groups is 1. The molecule has 3 nitrogen and oxygen atoms in total. The van der Waals surface area contributed by atoms with Crippen molar-refractivity contribution in [3.05, 3.63) is 42.2 Å². The van der Waals surface area contributed by atoms with Gasteiger partial charge >= 0.3 is 0 Å². The fourth-order valence-corrected chi connectivity index (χ4v) is 1.60. The Bertz CT molecular complexity index is 555. The molecule has 0 bridgehead atoms. The molecule has 17 heavy (non-hydrogen) atoms. The maximum Gasteiger partial charge on any atom is 0.172 e. The van der Waals surface area contributed by atoms with Gasteiger partial charge in [0, 0.05) is 5.56 Å². The average molecular weight is 233 g/mol. The number of benzene rings is 2. The number of methoxy groups -OCH3 is 1. The van der Waals surface area contributed by atoms with E-state index in [1.54, 1.807) is 18.2 Å². The Hall–Kier alpha value is -2.23. The Morgan fingerprint density at radius 1 is 1.24 bits per heavy atom.